The van der Waals surface area contributed by atoms with Crippen molar-refractivity contribution in [3.05, 3.63) is 40.9 Å². The minimum atomic E-state index is 0.648. The standard InChI is InChI=1S/C16H17N3S/c20-16-18-17-15(19(16)11-4-2-1-3-5-11)14-12-9-6-7-10(8-9)13(12)14/h1-5,9-10,12-14H,6-8H2,(H,18,20). The fourth-order valence-corrected chi connectivity index (χ4v) is 5.27. The summed E-state index contributed by atoms with van der Waals surface area (Å²) in [7, 11) is 0. The molecule has 3 nitrogen and oxygen atoms in total. The summed E-state index contributed by atoms with van der Waals surface area (Å²) >= 11 is 5.45. The van der Waals surface area contributed by atoms with Gasteiger partial charge < -0.3 is 0 Å². The van der Waals surface area contributed by atoms with Gasteiger partial charge in [0, 0.05) is 11.6 Å². The van der Waals surface area contributed by atoms with Gasteiger partial charge in [-0.1, -0.05) is 18.2 Å². The molecule has 4 heteroatoms. The molecule has 2 bridgehead atoms. The molecule has 2 aromatic rings. The Morgan fingerprint density at radius 3 is 2.50 bits per heavy atom. The number of hydrogen-bond acceptors (Lipinski definition) is 2. The first-order valence-corrected chi connectivity index (χ1v) is 7.98. The van der Waals surface area contributed by atoms with Gasteiger partial charge in [0.2, 0.25) is 0 Å². The molecule has 1 N–H and O–H groups in total. The van der Waals surface area contributed by atoms with Crippen LogP contribution in [0.2, 0.25) is 0 Å². The molecule has 3 aliphatic carbocycles. The van der Waals surface area contributed by atoms with Gasteiger partial charge in [-0.3, -0.25) is 9.67 Å². The molecule has 1 heterocycles. The predicted octanol–water partition coefficient (Wildman–Crippen LogP) is 3.69. The van der Waals surface area contributed by atoms with E-state index in [1.54, 1.807) is 0 Å². The van der Waals surface area contributed by atoms with Crippen molar-refractivity contribution < 1.29 is 0 Å². The Morgan fingerprint density at radius 2 is 1.80 bits per heavy atom. The predicted molar refractivity (Wildman–Crippen MR) is 79.3 cm³/mol. The van der Waals surface area contributed by atoms with Crippen molar-refractivity contribution in [2.24, 2.45) is 23.7 Å². The topological polar surface area (TPSA) is 33.6 Å². The average Bonchev–Trinajstić information content (AvgIpc) is 2.80. The van der Waals surface area contributed by atoms with E-state index in [2.05, 4.69) is 39.0 Å². The number of nitrogens with one attached hydrogen (secondary N) is 1. The molecule has 4 atom stereocenters. The van der Waals surface area contributed by atoms with E-state index < -0.39 is 0 Å². The van der Waals surface area contributed by atoms with Gasteiger partial charge in [0.1, 0.15) is 5.82 Å². The van der Waals surface area contributed by atoms with Crippen LogP contribution in [0.5, 0.6) is 0 Å². The molecule has 3 aliphatic rings. The third-order valence-corrected chi connectivity index (χ3v) is 6.02. The normalized spacial score (nSPS) is 37.1. The van der Waals surface area contributed by atoms with Crippen LogP contribution in [0.1, 0.15) is 31.0 Å². The molecule has 0 radical (unpaired) electrons. The first-order valence-electron chi connectivity index (χ1n) is 7.57. The number of benzene rings is 1. The van der Waals surface area contributed by atoms with Crippen LogP contribution in [0.4, 0.5) is 0 Å². The lowest BCUT2D eigenvalue weighted by molar-refractivity contribution is 0.456. The maximum Gasteiger partial charge on any atom is 0.199 e. The van der Waals surface area contributed by atoms with E-state index in [4.69, 9.17) is 12.2 Å². The summed E-state index contributed by atoms with van der Waals surface area (Å²) < 4.78 is 2.88. The number of rotatable bonds is 2. The number of H-pyrrole nitrogens is 1. The number of fused-ring (bicyclic) bond motifs is 5. The van der Waals surface area contributed by atoms with Crippen molar-refractivity contribution in [3.63, 3.8) is 0 Å². The highest BCUT2D eigenvalue weighted by Gasteiger charge is 2.66. The van der Waals surface area contributed by atoms with Gasteiger partial charge in [-0.25, -0.2) is 0 Å². The number of nitrogens with zero attached hydrogens (tertiary/aromatic N) is 2. The van der Waals surface area contributed by atoms with E-state index >= 15 is 0 Å². The quantitative estimate of drug-likeness (QED) is 0.853. The Balaban J connectivity index is 1.59. The van der Waals surface area contributed by atoms with Gasteiger partial charge in [-0.05, 0) is 67.3 Å². The molecule has 0 spiro atoms. The second-order valence-corrected chi connectivity index (χ2v) is 6.96. The molecule has 5 rings (SSSR count). The number of hydrogen-bond donors (Lipinski definition) is 1. The molecule has 0 saturated heterocycles. The van der Waals surface area contributed by atoms with Crippen molar-refractivity contribution in [2.75, 3.05) is 0 Å². The molecule has 102 valence electrons. The Kier molecular flexibility index (Phi) is 2.15. The van der Waals surface area contributed by atoms with E-state index in [1.165, 1.54) is 25.1 Å². The Bertz CT molecular complexity index is 701. The largest absolute Gasteiger partial charge is 0.272 e. The monoisotopic (exact) mass is 283 g/mol. The van der Waals surface area contributed by atoms with Gasteiger partial charge in [0.05, 0.1) is 0 Å². The zero-order valence-corrected chi connectivity index (χ0v) is 12.0. The van der Waals surface area contributed by atoms with Crippen LogP contribution in [-0.4, -0.2) is 14.8 Å². The second kappa shape index (κ2) is 3.82. The van der Waals surface area contributed by atoms with Crippen molar-refractivity contribution in [1.82, 2.24) is 14.8 Å². The molecular weight excluding hydrogens is 266 g/mol. The van der Waals surface area contributed by atoms with Crippen LogP contribution >= 0.6 is 12.2 Å². The van der Waals surface area contributed by atoms with E-state index in [0.29, 0.717) is 5.92 Å². The third-order valence-electron chi connectivity index (χ3n) is 5.75. The highest BCUT2D eigenvalue weighted by Crippen LogP contribution is 2.72. The summed E-state index contributed by atoms with van der Waals surface area (Å²) in [5.74, 6) is 5.53. The molecule has 1 aromatic carbocycles. The highest BCUT2D eigenvalue weighted by atomic mass is 32.1. The minimum Gasteiger partial charge on any atom is -0.272 e. The molecule has 0 amide bonds. The summed E-state index contributed by atoms with van der Waals surface area (Å²) in [6.45, 7) is 0. The molecule has 3 fully saturated rings. The van der Waals surface area contributed by atoms with Crippen LogP contribution in [0.15, 0.2) is 30.3 Å². The number of aromatic amines is 1. The van der Waals surface area contributed by atoms with Crippen molar-refractivity contribution >= 4 is 12.2 Å². The molecule has 4 unspecified atom stereocenters. The molecule has 0 aliphatic heterocycles. The number of aromatic nitrogens is 3. The molecule has 20 heavy (non-hydrogen) atoms. The third kappa shape index (κ3) is 1.35. The molecule has 3 saturated carbocycles. The highest BCUT2D eigenvalue weighted by molar-refractivity contribution is 7.71. The van der Waals surface area contributed by atoms with Gasteiger partial charge in [-0.2, -0.15) is 5.10 Å². The minimum absolute atomic E-state index is 0.648. The van der Waals surface area contributed by atoms with Crippen molar-refractivity contribution in [2.45, 2.75) is 25.2 Å². The maximum absolute atomic E-state index is 5.45. The molecule has 1 aromatic heterocycles. The zero-order chi connectivity index (χ0) is 13.3. The lowest BCUT2D eigenvalue weighted by atomic mass is 10.0. The van der Waals surface area contributed by atoms with Crippen molar-refractivity contribution in [1.29, 1.82) is 0 Å². The lowest BCUT2D eigenvalue weighted by Crippen LogP contribution is -2.05. The summed E-state index contributed by atoms with van der Waals surface area (Å²) in [6, 6.07) is 10.4. The van der Waals surface area contributed by atoms with E-state index in [0.717, 1.165) is 34.1 Å². The Labute approximate surface area is 123 Å². The fourth-order valence-electron chi connectivity index (χ4n) is 5.03. The fraction of sp³-hybridized carbons (Fsp3) is 0.500. The van der Waals surface area contributed by atoms with Crippen LogP contribution in [0.25, 0.3) is 5.69 Å². The van der Waals surface area contributed by atoms with Crippen LogP contribution in [0.3, 0.4) is 0 Å². The van der Waals surface area contributed by atoms with Gasteiger partial charge in [0.25, 0.3) is 0 Å². The van der Waals surface area contributed by atoms with Crippen molar-refractivity contribution in [3.8, 4) is 5.69 Å². The summed E-state index contributed by atoms with van der Waals surface area (Å²) in [5, 5.41) is 7.59. The lowest BCUT2D eigenvalue weighted by Gasteiger charge is -2.10. The maximum atomic E-state index is 5.45. The van der Waals surface area contributed by atoms with Gasteiger partial charge >= 0.3 is 0 Å². The first-order chi connectivity index (χ1) is 9.84. The summed E-state index contributed by atoms with van der Waals surface area (Å²) in [4.78, 5) is 0. The van der Waals surface area contributed by atoms with E-state index in [1.807, 2.05) is 6.07 Å². The van der Waals surface area contributed by atoms with Crippen LogP contribution in [-0.2, 0) is 0 Å². The van der Waals surface area contributed by atoms with E-state index in [9.17, 15) is 0 Å². The zero-order valence-electron chi connectivity index (χ0n) is 11.2. The Hall–Kier alpha value is -1.42. The Morgan fingerprint density at radius 1 is 1.10 bits per heavy atom. The van der Waals surface area contributed by atoms with Gasteiger partial charge in [0.15, 0.2) is 4.77 Å². The van der Waals surface area contributed by atoms with Gasteiger partial charge in [-0.15, -0.1) is 0 Å². The first kappa shape index (κ1) is 11.3. The summed E-state index contributed by atoms with van der Waals surface area (Å²) in [6.07, 6.45) is 4.36. The van der Waals surface area contributed by atoms with E-state index in [-0.39, 0.29) is 0 Å². The SMILES string of the molecule is S=c1[nH]nc(C2C3C4CCC(C4)C23)n1-c1ccccc1. The second-order valence-electron chi connectivity index (χ2n) is 6.57. The average molecular weight is 283 g/mol. The summed E-state index contributed by atoms with van der Waals surface area (Å²) in [5.41, 5.74) is 1.14. The number of para-hydroxylation sites is 1. The smallest absolute Gasteiger partial charge is 0.199 e. The van der Waals surface area contributed by atoms with Crippen LogP contribution < -0.4 is 0 Å². The van der Waals surface area contributed by atoms with Crippen LogP contribution in [0, 0.1) is 28.4 Å². The molecular formula is C16H17N3S.